The molecular formula is C18H19N3O3S. The van der Waals surface area contributed by atoms with Gasteiger partial charge in [0.15, 0.2) is 5.75 Å². The van der Waals surface area contributed by atoms with Crippen LogP contribution in [0.5, 0.6) is 5.75 Å². The van der Waals surface area contributed by atoms with Crippen LogP contribution in [0.15, 0.2) is 34.2 Å². The van der Waals surface area contributed by atoms with Crippen LogP contribution in [0.4, 0.5) is 0 Å². The molecule has 130 valence electrons. The molecule has 0 spiro atoms. The molecule has 0 unspecified atom stereocenters. The molecule has 3 rings (SSSR count). The van der Waals surface area contributed by atoms with E-state index >= 15 is 0 Å². The van der Waals surface area contributed by atoms with Gasteiger partial charge in [-0.05, 0) is 19.9 Å². The molecule has 6 nitrogen and oxygen atoms in total. The second-order valence-corrected chi connectivity index (χ2v) is 6.64. The Morgan fingerprint density at radius 1 is 1.24 bits per heavy atom. The summed E-state index contributed by atoms with van der Waals surface area (Å²) in [5, 5.41) is 9.28. The molecule has 0 amide bonds. The Bertz CT molecular complexity index is 1030. The van der Waals surface area contributed by atoms with Gasteiger partial charge in [-0.15, -0.1) is 11.3 Å². The molecule has 2 heterocycles. The summed E-state index contributed by atoms with van der Waals surface area (Å²) < 4.78 is 7.94. The van der Waals surface area contributed by atoms with E-state index in [1.54, 1.807) is 25.5 Å². The lowest BCUT2D eigenvalue weighted by Gasteiger charge is -2.13. The number of nitrogens with zero attached hydrogens (tertiary/aromatic N) is 3. The van der Waals surface area contributed by atoms with Crippen LogP contribution in [0.1, 0.15) is 17.5 Å². The summed E-state index contributed by atoms with van der Waals surface area (Å²) in [5.74, 6) is 0.484. The van der Waals surface area contributed by atoms with Crippen molar-refractivity contribution in [3.05, 3.63) is 45.2 Å². The molecule has 0 radical (unpaired) electrons. The third-order valence-corrected chi connectivity index (χ3v) is 5.25. The minimum atomic E-state index is -0.211. The Labute approximate surface area is 149 Å². The molecule has 1 aromatic carbocycles. The Hall–Kier alpha value is -2.67. The Balaban J connectivity index is 2.50. The molecule has 0 fully saturated rings. The van der Waals surface area contributed by atoms with Crippen molar-refractivity contribution in [3.63, 3.8) is 0 Å². The van der Waals surface area contributed by atoms with Gasteiger partial charge in [0.05, 0.1) is 23.3 Å². The van der Waals surface area contributed by atoms with E-state index in [1.165, 1.54) is 11.8 Å². The van der Waals surface area contributed by atoms with Crippen LogP contribution in [-0.4, -0.2) is 29.7 Å². The van der Waals surface area contributed by atoms with Gasteiger partial charge in [0.25, 0.3) is 5.56 Å². The van der Waals surface area contributed by atoms with Crippen LogP contribution in [0.25, 0.3) is 21.2 Å². The standard InChI is InChI=1S/C18H19N3O3S/c1-10-16(23-4)15(18(22)21(3)19-10)14-12-8-6-7-9-13(12)25-17(14)11(2)20-24-5/h6-9H,1-5H3. The third kappa shape index (κ3) is 2.80. The molecule has 0 atom stereocenters. The van der Waals surface area contributed by atoms with E-state index in [0.29, 0.717) is 22.7 Å². The first-order chi connectivity index (χ1) is 12.0. The fourth-order valence-electron chi connectivity index (χ4n) is 2.95. The highest BCUT2D eigenvalue weighted by Gasteiger charge is 2.24. The number of thiophene rings is 1. The largest absolute Gasteiger partial charge is 0.494 e. The highest BCUT2D eigenvalue weighted by molar-refractivity contribution is 7.21. The summed E-state index contributed by atoms with van der Waals surface area (Å²) >= 11 is 1.57. The van der Waals surface area contributed by atoms with Crippen LogP contribution in [0.2, 0.25) is 0 Å². The number of hydrogen-bond donors (Lipinski definition) is 0. The average molecular weight is 357 g/mol. The zero-order valence-corrected chi connectivity index (χ0v) is 15.6. The predicted molar refractivity (Wildman–Crippen MR) is 101 cm³/mol. The second-order valence-electron chi connectivity index (χ2n) is 5.58. The van der Waals surface area contributed by atoms with E-state index < -0.39 is 0 Å². The Morgan fingerprint density at radius 2 is 1.96 bits per heavy atom. The summed E-state index contributed by atoms with van der Waals surface area (Å²) in [4.78, 5) is 18.8. The predicted octanol–water partition coefficient (Wildman–Crippen LogP) is 3.35. The van der Waals surface area contributed by atoms with Gasteiger partial charge in [-0.3, -0.25) is 4.79 Å². The minimum absolute atomic E-state index is 0.211. The monoisotopic (exact) mass is 357 g/mol. The van der Waals surface area contributed by atoms with Crippen LogP contribution >= 0.6 is 11.3 Å². The Kier molecular flexibility index (Phi) is 4.59. The first-order valence-electron chi connectivity index (χ1n) is 7.71. The summed E-state index contributed by atoms with van der Waals surface area (Å²) in [6.07, 6.45) is 0. The van der Waals surface area contributed by atoms with Crippen molar-refractivity contribution < 1.29 is 9.57 Å². The van der Waals surface area contributed by atoms with Crippen LogP contribution < -0.4 is 10.3 Å². The highest BCUT2D eigenvalue weighted by atomic mass is 32.1. The lowest BCUT2D eigenvalue weighted by atomic mass is 10.0. The number of ether oxygens (including phenoxy) is 1. The molecule has 7 heteroatoms. The maximum Gasteiger partial charge on any atom is 0.278 e. The van der Waals surface area contributed by atoms with E-state index in [2.05, 4.69) is 10.3 Å². The van der Waals surface area contributed by atoms with Gasteiger partial charge in [0, 0.05) is 22.7 Å². The van der Waals surface area contributed by atoms with Gasteiger partial charge >= 0.3 is 0 Å². The molecule has 25 heavy (non-hydrogen) atoms. The van der Waals surface area contributed by atoms with E-state index in [0.717, 1.165) is 20.5 Å². The maximum absolute atomic E-state index is 12.9. The van der Waals surface area contributed by atoms with Gasteiger partial charge in [-0.2, -0.15) is 5.10 Å². The van der Waals surface area contributed by atoms with Gasteiger partial charge in [-0.1, -0.05) is 23.4 Å². The van der Waals surface area contributed by atoms with Gasteiger partial charge in [-0.25, -0.2) is 4.68 Å². The number of oxime groups is 1. The van der Waals surface area contributed by atoms with Crippen molar-refractivity contribution in [2.75, 3.05) is 14.2 Å². The van der Waals surface area contributed by atoms with Gasteiger partial charge in [0.1, 0.15) is 12.8 Å². The normalized spacial score (nSPS) is 11.8. The molecule has 0 bridgehead atoms. The summed E-state index contributed by atoms with van der Waals surface area (Å²) in [6.45, 7) is 3.69. The van der Waals surface area contributed by atoms with Crippen molar-refractivity contribution in [2.45, 2.75) is 13.8 Å². The number of aryl methyl sites for hydroxylation is 2. The number of fused-ring (bicyclic) bond motifs is 1. The van der Waals surface area contributed by atoms with Crippen molar-refractivity contribution in [3.8, 4) is 16.9 Å². The minimum Gasteiger partial charge on any atom is -0.494 e. The zero-order chi connectivity index (χ0) is 18.1. The first-order valence-corrected chi connectivity index (χ1v) is 8.53. The Morgan fingerprint density at radius 3 is 2.64 bits per heavy atom. The molecule has 0 N–H and O–H groups in total. The number of rotatable bonds is 4. The smallest absolute Gasteiger partial charge is 0.278 e. The van der Waals surface area contributed by atoms with Crippen molar-refractivity contribution in [2.24, 2.45) is 12.2 Å². The second kappa shape index (κ2) is 6.68. The van der Waals surface area contributed by atoms with Gasteiger partial charge < -0.3 is 9.57 Å². The summed E-state index contributed by atoms with van der Waals surface area (Å²) in [7, 11) is 4.70. The SMILES string of the molecule is CON=C(C)c1sc2ccccc2c1-c1c(OC)c(C)nn(C)c1=O. The van der Waals surface area contributed by atoms with E-state index in [1.807, 2.05) is 38.1 Å². The van der Waals surface area contributed by atoms with Crippen molar-refractivity contribution in [1.82, 2.24) is 9.78 Å². The molecule has 3 aromatic rings. The number of hydrogen-bond acceptors (Lipinski definition) is 6. The lowest BCUT2D eigenvalue weighted by molar-refractivity contribution is 0.213. The molecule has 0 saturated carbocycles. The lowest BCUT2D eigenvalue weighted by Crippen LogP contribution is -2.23. The van der Waals surface area contributed by atoms with E-state index in [-0.39, 0.29) is 5.56 Å². The number of aromatic nitrogens is 2. The molecule has 0 aliphatic carbocycles. The topological polar surface area (TPSA) is 65.7 Å². The average Bonchev–Trinajstić information content (AvgIpc) is 2.97. The van der Waals surface area contributed by atoms with Crippen LogP contribution in [0.3, 0.4) is 0 Å². The molecule has 0 aliphatic heterocycles. The van der Waals surface area contributed by atoms with E-state index in [4.69, 9.17) is 9.57 Å². The third-order valence-electron chi connectivity index (χ3n) is 3.97. The quantitative estimate of drug-likeness (QED) is 0.530. The van der Waals surface area contributed by atoms with Crippen LogP contribution in [0, 0.1) is 6.92 Å². The fourth-order valence-corrected chi connectivity index (χ4v) is 4.10. The first kappa shape index (κ1) is 17.2. The molecule has 2 aromatic heterocycles. The fraction of sp³-hybridized carbons (Fsp3) is 0.278. The van der Waals surface area contributed by atoms with Gasteiger partial charge in [0.2, 0.25) is 0 Å². The number of methoxy groups -OCH3 is 1. The van der Waals surface area contributed by atoms with Crippen molar-refractivity contribution >= 4 is 27.1 Å². The summed E-state index contributed by atoms with van der Waals surface area (Å²) in [6, 6.07) is 7.95. The summed E-state index contributed by atoms with van der Waals surface area (Å²) in [5.41, 5.74) is 2.45. The number of benzene rings is 1. The molecule has 0 aliphatic rings. The van der Waals surface area contributed by atoms with Crippen molar-refractivity contribution in [1.29, 1.82) is 0 Å². The van der Waals surface area contributed by atoms with Crippen LogP contribution in [-0.2, 0) is 11.9 Å². The maximum atomic E-state index is 12.9. The zero-order valence-electron chi connectivity index (χ0n) is 14.8. The van der Waals surface area contributed by atoms with E-state index in [9.17, 15) is 4.79 Å². The highest BCUT2D eigenvalue weighted by Crippen LogP contribution is 2.41. The molecular weight excluding hydrogens is 338 g/mol. The molecule has 0 saturated heterocycles.